The van der Waals surface area contributed by atoms with Crippen LogP contribution in [-0.2, 0) is 14.3 Å². The van der Waals surface area contributed by atoms with E-state index in [1.807, 2.05) is 0 Å². The van der Waals surface area contributed by atoms with E-state index in [2.05, 4.69) is 39.5 Å². The first-order valence-corrected chi connectivity index (χ1v) is 17.9. The zero-order valence-corrected chi connectivity index (χ0v) is 29.1. The number of esters is 1. The summed E-state index contributed by atoms with van der Waals surface area (Å²) in [6.07, 6.45) is 11.6. The topological polar surface area (TPSA) is 101 Å². The number of hydrogen-bond acceptors (Lipinski definition) is 4. The molecule has 2 N–H and O–H groups in total. The summed E-state index contributed by atoms with van der Waals surface area (Å²) in [6.45, 7) is 12.8. The largest absolute Gasteiger partial charge is 0.481 e. The normalized spacial score (nSPS) is 38.8. The van der Waals surface area contributed by atoms with E-state index in [1.165, 1.54) is 31.0 Å². The van der Waals surface area contributed by atoms with Gasteiger partial charge in [0.2, 0.25) is 0 Å². The van der Waals surface area contributed by atoms with Crippen LogP contribution in [0.25, 0.3) is 0 Å². The molecule has 0 amide bonds. The molecule has 9 unspecified atom stereocenters. The average Bonchev–Trinajstić information content (AvgIpc) is 3.42. The highest BCUT2D eigenvalue weighted by Crippen LogP contribution is 2.73. The predicted molar refractivity (Wildman–Crippen MR) is 177 cm³/mol. The molecule has 5 saturated carbocycles. The Kier molecular flexibility index (Phi) is 8.41. The molecule has 0 aromatic heterocycles. The molecule has 1 aromatic carbocycles. The Morgan fingerprint density at radius 1 is 0.894 bits per heavy atom. The van der Waals surface area contributed by atoms with Crippen LogP contribution in [0.5, 0.6) is 0 Å². The summed E-state index contributed by atoms with van der Waals surface area (Å²) in [5, 5.41) is 19.2. The number of aromatic carboxylic acids is 1. The minimum Gasteiger partial charge on any atom is -0.481 e. The molecule has 0 radical (unpaired) electrons. The Hall–Kier alpha value is -2.88. The maximum absolute atomic E-state index is 14.1. The summed E-state index contributed by atoms with van der Waals surface area (Å²) >= 11 is 0. The standard InChI is InChI=1S/C40H53FO6/c1-36(2,35(45)46)23-33(42)47-32-16-19-39(6)30(37(32,3)4)15-18-38(5)28-14-21-40(17-7-8-29(40)27(28)11-12-31(38)39)20-13-24-22-25(41)9-10-26(24)34(43)44/h9-10,22,27-32H,7-8,11-12,14-19,21,23H2,1-6H3,(H,43,44)(H,45,46). The van der Waals surface area contributed by atoms with Crippen LogP contribution < -0.4 is 0 Å². The molecule has 6 nitrogen and oxygen atoms in total. The van der Waals surface area contributed by atoms with E-state index in [4.69, 9.17) is 4.74 Å². The van der Waals surface area contributed by atoms with Crippen molar-refractivity contribution >= 4 is 17.9 Å². The number of carbonyl (C=O) groups excluding carboxylic acids is 1. The molecule has 5 aliphatic carbocycles. The van der Waals surface area contributed by atoms with Crippen molar-refractivity contribution in [1.29, 1.82) is 0 Å². The van der Waals surface area contributed by atoms with Gasteiger partial charge in [0.05, 0.1) is 17.4 Å². The van der Waals surface area contributed by atoms with Gasteiger partial charge in [0.25, 0.3) is 0 Å². The highest BCUT2D eigenvalue weighted by Gasteiger charge is 2.66. The van der Waals surface area contributed by atoms with E-state index >= 15 is 0 Å². The third kappa shape index (κ3) is 5.50. The van der Waals surface area contributed by atoms with Gasteiger partial charge in [0.1, 0.15) is 11.9 Å². The number of carbonyl (C=O) groups is 3. The Balaban J connectivity index is 1.22. The number of rotatable bonds is 5. The second-order valence-electron chi connectivity index (χ2n) is 17.6. The zero-order valence-electron chi connectivity index (χ0n) is 29.1. The van der Waals surface area contributed by atoms with Gasteiger partial charge in [-0.1, -0.05) is 46.0 Å². The van der Waals surface area contributed by atoms with E-state index < -0.39 is 29.1 Å². The number of carboxylic acid groups (broad SMARTS) is 2. The van der Waals surface area contributed by atoms with Gasteiger partial charge in [-0.15, -0.1) is 0 Å². The van der Waals surface area contributed by atoms with Gasteiger partial charge in [-0.3, -0.25) is 9.59 Å². The van der Waals surface area contributed by atoms with Crippen molar-refractivity contribution in [1.82, 2.24) is 0 Å². The lowest BCUT2D eigenvalue weighted by Gasteiger charge is -2.69. The van der Waals surface area contributed by atoms with Gasteiger partial charge in [-0.25, -0.2) is 9.18 Å². The molecular formula is C40H53FO6. The number of halogens is 1. The van der Waals surface area contributed by atoms with Crippen molar-refractivity contribution in [3.8, 4) is 11.8 Å². The van der Waals surface area contributed by atoms with Crippen molar-refractivity contribution in [2.24, 2.45) is 56.7 Å². The number of fused-ring (bicyclic) bond motifs is 7. The zero-order chi connectivity index (χ0) is 34.2. The molecule has 9 atom stereocenters. The Labute approximate surface area is 279 Å². The smallest absolute Gasteiger partial charge is 0.336 e. The van der Waals surface area contributed by atoms with E-state index in [1.54, 1.807) is 13.8 Å². The summed E-state index contributed by atoms with van der Waals surface area (Å²) < 4.78 is 20.2. The van der Waals surface area contributed by atoms with Crippen LogP contribution >= 0.6 is 0 Å². The summed E-state index contributed by atoms with van der Waals surface area (Å²) in [4.78, 5) is 36.4. The maximum atomic E-state index is 14.1. The fraction of sp³-hybridized carbons (Fsp3) is 0.725. The quantitative estimate of drug-likeness (QED) is 0.245. The van der Waals surface area contributed by atoms with Crippen LogP contribution in [-0.4, -0.2) is 34.2 Å². The van der Waals surface area contributed by atoms with Gasteiger partial charge >= 0.3 is 17.9 Å². The third-order valence-electron chi connectivity index (χ3n) is 14.5. The van der Waals surface area contributed by atoms with E-state index in [0.717, 1.165) is 57.8 Å². The van der Waals surface area contributed by atoms with E-state index in [0.29, 0.717) is 29.6 Å². The number of carboxylic acids is 2. The number of ether oxygens (including phenoxy) is 1. The molecule has 0 heterocycles. The summed E-state index contributed by atoms with van der Waals surface area (Å²) in [6, 6.07) is 3.77. The minimum atomic E-state index is -1.15. The highest BCUT2D eigenvalue weighted by molar-refractivity contribution is 5.90. The van der Waals surface area contributed by atoms with Crippen LogP contribution in [0.2, 0.25) is 0 Å². The van der Waals surface area contributed by atoms with Crippen molar-refractivity contribution in [2.45, 2.75) is 125 Å². The molecule has 6 rings (SSSR count). The van der Waals surface area contributed by atoms with Crippen molar-refractivity contribution in [2.75, 3.05) is 0 Å². The molecule has 0 aliphatic heterocycles. The molecule has 5 fully saturated rings. The average molecular weight is 649 g/mol. The van der Waals surface area contributed by atoms with Gasteiger partial charge in [-0.2, -0.15) is 0 Å². The Bertz CT molecular complexity index is 1520. The first-order chi connectivity index (χ1) is 21.9. The van der Waals surface area contributed by atoms with Crippen LogP contribution in [0.3, 0.4) is 0 Å². The third-order valence-corrected chi connectivity index (χ3v) is 14.5. The van der Waals surface area contributed by atoms with Crippen LogP contribution in [0.15, 0.2) is 18.2 Å². The van der Waals surface area contributed by atoms with Crippen molar-refractivity contribution in [3.05, 3.63) is 35.1 Å². The first kappa shape index (κ1) is 34.0. The van der Waals surface area contributed by atoms with Gasteiger partial charge in [-0.05, 0) is 137 Å². The van der Waals surface area contributed by atoms with Gasteiger partial charge < -0.3 is 14.9 Å². The summed E-state index contributed by atoms with van der Waals surface area (Å²) in [7, 11) is 0. The monoisotopic (exact) mass is 648 g/mol. The van der Waals surface area contributed by atoms with Gasteiger partial charge in [0.15, 0.2) is 0 Å². The first-order valence-electron chi connectivity index (χ1n) is 17.9. The molecule has 256 valence electrons. The molecule has 0 spiro atoms. The molecule has 0 bridgehead atoms. The molecule has 0 saturated heterocycles. The van der Waals surface area contributed by atoms with Crippen LogP contribution in [0, 0.1) is 74.3 Å². The van der Waals surface area contributed by atoms with Gasteiger partial charge in [0, 0.05) is 16.4 Å². The predicted octanol–water partition coefficient (Wildman–Crippen LogP) is 8.75. The second-order valence-corrected chi connectivity index (χ2v) is 17.6. The SMILES string of the molecule is CC(C)(CC(=O)OC1CCC2(C)C(CCC3(C)C4CCC5(C#Cc6cc(F)ccc6C(=O)O)CCCC5C4CCC32)C1(C)C)C(=O)O. The van der Waals surface area contributed by atoms with Crippen molar-refractivity contribution in [3.63, 3.8) is 0 Å². The molecule has 47 heavy (non-hydrogen) atoms. The number of hydrogen-bond donors (Lipinski definition) is 2. The van der Waals surface area contributed by atoms with Crippen LogP contribution in [0.4, 0.5) is 4.39 Å². The van der Waals surface area contributed by atoms with E-state index in [-0.39, 0.29) is 45.3 Å². The lowest BCUT2D eigenvalue weighted by Crippen LogP contribution is -2.63. The minimum absolute atomic E-state index is 0.0630. The molecular weight excluding hydrogens is 595 g/mol. The number of benzene rings is 1. The lowest BCUT2D eigenvalue weighted by molar-refractivity contribution is -0.220. The molecule has 1 aromatic rings. The number of aliphatic carboxylic acids is 1. The summed E-state index contributed by atoms with van der Waals surface area (Å²) in [5.74, 6) is 6.54. The summed E-state index contributed by atoms with van der Waals surface area (Å²) in [5.41, 5.74) is -0.794. The molecule has 7 heteroatoms. The second kappa shape index (κ2) is 11.6. The fourth-order valence-electron chi connectivity index (χ4n) is 12.3. The highest BCUT2D eigenvalue weighted by atomic mass is 19.1. The fourth-order valence-corrected chi connectivity index (χ4v) is 12.3. The van der Waals surface area contributed by atoms with Crippen molar-refractivity contribution < 1.29 is 33.7 Å². The van der Waals surface area contributed by atoms with Crippen LogP contribution in [0.1, 0.15) is 135 Å². The Morgan fingerprint density at radius 2 is 1.62 bits per heavy atom. The lowest BCUT2D eigenvalue weighted by atomic mass is 9.36. The Morgan fingerprint density at radius 3 is 2.32 bits per heavy atom. The maximum Gasteiger partial charge on any atom is 0.336 e. The van der Waals surface area contributed by atoms with E-state index in [9.17, 15) is 29.0 Å². The molecule has 5 aliphatic rings.